The Bertz CT molecular complexity index is 3550. The molecule has 0 aliphatic carbocycles. The van der Waals surface area contributed by atoms with Crippen LogP contribution >= 0.6 is 0 Å². The van der Waals surface area contributed by atoms with Gasteiger partial charge in [0, 0.05) is 49.9 Å². The first-order chi connectivity index (χ1) is 30.2. The molecule has 0 spiro atoms. The predicted molar refractivity (Wildman–Crippen MR) is 254 cm³/mol. The number of fused-ring (bicyclic) bond motifs is 9. The van der Waals surface area contributed by atoms with Gasteiger partial charge in [-0.1, -0.05) is 146 Å². The van der Waals surface area contributed by atoms with Crippen LogP contribution < -0.4 is 4.90 Å². The highest BCUT2D eigenvalue weighted by Crippen LogP contribution is 2.42. The Morgan fingerprint density at radius 1 is 0.344 bits per heavy atom. The fourth-order valence-electron chi connectivity index (χ4n) is 9.08. The van der Waals surface area contributed by atoms with Gasteiger partial charge in [0.1, 0.15) is 17.0 Å². The average molecular weight is 780 g/mol. The van der Waals surface area contributed by atoms with Gasteiger partial charge in [0.2, 0.25) is 0 Å². The highest BCUT2D eigenvalue weighted by molar-refractivity contribution is 6.24. The standard InChI is InChI=1S/C57H37N3O/c1-3-13-38(14-4-1)39-23-30-44(31-24-39)59(45-32-25-40(26-33-45)42-29-36-50-49-19-11-12-22-53(49)61-54(50)37-42)46-34-27-41(28-35-46)57-58-55-51-20-9-7-17-47(51)48-18-8-10-21-52(48)56(55)60(57)43-15-5-2-6-16-43/h1-37H. The highest BCUT2D eigenvalue weighted by atomic mass is 16.3. The van der Waals surface area contributed by atoms with Crippen LogP contribution in [-0.4, -0.2) is 9.55 Å². The summed E-state index contributed by atoms with van der Waals surface area (Å²) >= 11 is 0. The van der Waals surface area contributed by atoms with Crippen molar-refractivity contribution in [3.8, 4) is 39.3 Å². The van der Waals surface area contributed by atoms with E-state index in [2.05, 4.69) is 222 Å². The molecule has 0 unspecified atom stereocenters. The second-order valence-electron chi connectivity index (χ2n) is 15.5. The van der Waals surface area contributed by atoms with Crippen LogP contribution in [0, 0.1) is 0 Å². The van der Waals surface area contributed by atoms with Crippen molar-refractivity contribution in [1.82, 2.24) is 9.55 Å². The Balaban J connectivity index is 0.980. The van der Waals surface area contributed by atoms with Gasteiger partial charge < -0.3 is 9.32 Å². The zero-order valence-electron chi connectivity index (χ0n) is 33.1. The fourth-order valence-corrected chi connectivity index (χ4v) is 9.08. The summed E-state index contributed by atoms with van der Waals surface area (Å²) in [5, 5.41) is 7.03. The highest BCUT2D eigenvalue weighted by Gasteiger charge is 2.21. The molecule has 0 bridgehead atoms. The molecular weight excluding hydrogens is 743 g/mol. The van der Waals surface area contributed by atoms with Gasteiger partial charge >= 0.3 is 0 Å². The van der Waals surface area contributed by atoms with Crippen LogP contribution in [0.2, 0.25) is 0 Å². The van der Waals surface area contributed by atoms with Gasteiger partial charge in [-0.05, 0) is 112 Å². The van der Waals surface area contributed by atoms with Crippen molar-refractivity contribution in [3.05, 3.63) is 224 Å². The molecule has 0 N–H and O–H groups in total. The Morgan fingerprint density at radius 3 is 1.46 bits per heavy atom. The molecule has 12 rings (SSSR count). The first kappa shape index (κ1) is 34.8. The summed E-state index contributed by atoms with van der Waals surface area (Å²) in [6.45, 7) is 0. The monoisotopic (exact) mass is 779 g/mol. The number of imidazole rings is 1. The van der Waals surface area contributed by atoms with Gasteiger partial charge in [-0.3, -0.25) is 4.57 Å². The minimum absolute atomic E-state index is 0.894. The van der Waals surface area contributed by atoms with E-state index in [1.54, 1.807) is 0 Å². The van der Waals surface area contributed by atoms with E-state index in [1.165, 1.54) is 27.3 Å². The molecule has 0 aliphatic heterocycles. The van der Waals surface area contributed by atoms with Crippen molar-refractivity contribution in [3.63, 3.8) is 0 Å². The van der Waals surface area contributed by atoms with Gasteiger partial charge in [0.25, 0.3) is 0 Å². The fraction of sp³-hybridized carbons (Fsp3) is 0. The minimum atomic E-state index is 0.894. The van der Waals surface area contributed by atoms with Gasteiger partial charge in [-0.25, -0.2) is 4.98 Å². The van der Waals surface area contributed by atoms with Crippen LogP contribution in [-0.2, 0) is 0 Å². The quantitative estimate of drug-likeness (QED) is 0.151. The Kier molecular flexibility index (Phi) is 8.13. The maximum absolute atomic E-state index is 6.25. The van der Waals surface area contributed by atoms with E-state index in [0.717, 1.165) is 83.6 Å². The van der Waals surface area contributed by atoms with E-state index in [-0.39, 0.29) is 0 Å². The van der Waals surface area contributed by atoms with E-state index in [4.69, 9.17) is 9.40 Å². The molecule has 0 radical (unpaired) electrons. The smallest absolute Gasteiger partial charge is 0.145 e. The summed E-state index contributed by atoms with van der Waals surface area (Å²) in [6, 6.07) is 79.7. The largest absolute Gasteiger partial charge is 0.456 e. The second-order valence-corrected chi connectivity index (χ2v) is 15.5. The van der Waals surface area contributed by atoms with Crippen LogP contribution in [0.25, 0.3) is 93.8 Å². The Morgan fingerprint density at radius 2 is 0.803 bits per heavy atom. The van der Waals surface area contributed by atoms with Gasteiger partial charge in [0.15, 0.2) is 0 Å². The maximum Gasteiger partial charge on any atom is 0.145 e. The SMILES string of the molecule is c1ccc(-c2ccc(N(c3ccc(-c4ccc5c(c4)oc4ccccc45)cc3)c3ccc(-c4nc5c6ccccc6c6ccccc6c5n4-c4ccccc4)cc3)cc2)cc1. The number of furan rings is 1. The summed E-state index contributed by atoms with van der Waals surface area (Å²) in [5.41, 5.74) is 13.8. The number of benzene rings is 10. The summed E-state index contributed by atoms with van der Waals surface area (Å²) in [6.07, 6.45) is 0. The Labute approximate surface area is 352 Å². The molecule has 0 amide bonds. The number of hydrogen-bond acceptors (Lipinski definition) is 3. The summed E-state index contributed by atoms with van der Waals surface area (Å²) in [4.78, 5) is 7.80. The molecule has 0 atom stereocenters. The number of anilines is 3. The molecule has 286 valence electrons. The molecule has 10 aromatic carbocycles. The van der Waals surface area contributed by atoms with E-state index in [9.17, 15) is 0 Å². The molecule has 4 nitrogen and oxygen atoms in total. The van der Waals surface area contributed by atoms with Crippen LogP contribution in [0.1, 0.15) is 0 Å². The number of aromatic nitrogens is 2. The summed E-state index contributed by atoms with van der Waals surface area (Å²) in [5.74, 6) is 0.902. The van der Waals surface area contributed by atoms with Gasteiger partial charge in [-0.15, -0.1) is 0 Å². The summed E-state index contributed by atoms with van der Waals surface area (Å²) < 4.78 is 8.58. The molecule has 4 heteroatoms. The van der Waals surface area contributed by atoms with E-state index < -0.39 is 0 Å². The molecular formula is C57H37N3O. The molecule has 0 fully saturated rings. The molecule has 12 aromatic rings. The summed E-state index contributed by atoms with van der Waals surface area (Å²) in [7, 11) is 0. The third kappa shape index (κ3) is 5.88. The topological polar surface area (TPSA) is 34.2 Å². The average Bonchev–Trinajstić information content (AvgIpc) is 3.93. The lowest BCUT2D eigenvalue weighted by molar-refractivity contribution is 0.669. The zero-order valence-corrected chi connectivity index (χ0v) is 33.1. The van der Waals surface area contributed by atoms with Crippen LogP contribution in [0.15, 0.2) is 229 Å². The van der Waals surface area contributed by atoms with Crippen molar-refractivity contribution in [2.75, 3.05) is 4.90 Å². The molecule has 0 aliphatic rings. The molecule has 2 heterocycles. The lowest BCUT2D eigenvalue weighted by Gasteiger charge is -2.26. The molecule has 2 aromatic heterocycles. The lowest BCUT2D eigenvalue weighted by atomic mass is 10.00. The number of hydrogen-bond donors (Lipinski definition) is 0. The second kappa shape index (κ2) is 14.3. The third-order valence-corrected chi connectivity index (χ3v) is 12.0. The van der Waals surface area contributed by atoms with Crippen LogP contribution in [0.3, 0.4) is 0 Å². The number of nitrogens with zero attached hydrogens (tertiary/aromatic N) is 3. The van der Waals surface area contributed by atoms with Crippen molar-refractivity contribution in [2.45, 2.75) is 0 Å². The number of para-hydroxylation sites is 2. The van der Waals surface area contributed by atoms with Crippen molar-refractivity contribution in [1.29, 1.82) is 0 Å². The van der Waals surface area contributed by atoms with Crippen molar-refractivity contribution >= 4 is 71.6 Å². The third-order valence-electron chi connectivity index (χ3n) is 12.0. The molecule has 0 saturated carbocycles. The zero-order chi connectivity index (χ0) is 40.3. The Hall–Kier alpha value is -8.21. The van der Waals surface area contributed by atoms with Crippen LogP contribution in [0.4, 0.5) is 17.1 Å². The van der Waals surface area contributed by atoms with E-state index in [1.807, 2.05) is 12.1 Å². The van der Waals surface area contributed by atoms with Gasteiger partial charge in [0.05, 0.1) is 11.0 Å². The minimum Gasteiger partial charge on any atom is -0.456 e. The normalized spacial score (nSPS) is 11.6. The van der Waals surface area contributed by atoms with Crippen LogP contribution in [0.5, 0.6) is 0 Å². The first-order valence-electron chi connectivity index (χ1n) is 20.7. The van der Waals surface area contributed by atoms with Crippen molar-refractivity contribution < 1.29 is 4.42 Å². The first-order valence-corrected chi connectivity index (χ1v) is 20.7. The maximum atomic E-state index is 6.25. The molecule has 0 saturated heterocycles. The number of rotatable bonds is 7. The van der Waals surface area contributed by atoms with E-state index >= 15 is 0 Å². The van der Waals surface area contributed by atoms with Crippen molar-refractivity contribution in [2.24, 2.45) is 0 Å². The lowest BCUT2D eigenvalue weighted by Crippen LogP contribution is -2.10. The van der Waals surface area contributed by atoms with Gasteiger partial charge in [-0.2, -0.15) is 0 Å². The molecule has 61 heavy (non-hydrogen) atoms. The predicted octanol–water partition coefficient (Wildman–Crippen LogP) is 15.7. The van der Waals surface area contributed by atoms with E-state index in [0.29, 0.717) is 0 Å².